The zero-order valence-electron chi connectivity index (χ0n) is 18.2. The third kappa shape index (κ3) is 5.01. The third-order valence-electron chi connectivity index (χ3n) is 5.61. The smallest absolute Gasteiger partial charge is 0.245 e. The van der Waals surface area contributed by atoms with Crippen molar-refractivity contribution in [2.75, 3.05) is 25.5 Å². The van der Waals surface area contributed by atoms with Gasteiger partial charge in [0.1, 0.15) is 16.9 Å². The van der Waals surface area contributed by atoms with Gasteiger partial charge in [-0.3, -0.25) is 14.5 Å². The Labute approximate surface area is 186 Å². The van der Waals surface area contributed by atoms with Crippen LogP contribution in [0.1, 0.15) is 39.2 Å². The average molecular weight is 445 g/mol. The predicted molar refractivity (Wildman–Crippen MR) is 122 cm³/mol. The van der Waals surface area contributed by atoms with Gasteiger partial charge >= 0.3 is 0 Å². The second kappa shape index (κ2) is 9.12. The summed E-state index contributed by atoms with van der Waals surface area (Å²) in [6.45, 7) is 8.45. The summed E-state index contributed by atoms with van der Waals surface area (Å²) in [4.78, 5) is 17.4. The van der Waals surface area contributed by atoms with Gasteiger partial charge in [-0.05, 0) is 63.8 Å². The maximum atomic E-state index is 13.5. The van der Waals surface area contributed by atoms with Gasteiger partial charge in [-0.15, -0.1) is 11.8 Å². The second-order valence-electron chi connectivity index (χ2n) is 9.06. The number of carbonyl (C=O) groups excluding carboxylic acids is 1. The van der Waals surface area contributed by atoms with Crippen LogP contribution in [-0.4, -0.2) is 52.3 Å². The molecule has 1 aromatic heterocycles. The number of hydrogen-bond acceptors (Lipinski definition) is 5. The van der Waals surface area contributed by atoms with Crippen molar-refractivity contribution in [1.29, 1.82) is 0 Å². The number of hydrogen-bond donors (Lipinski definition) is 1. The van der Waals surface area contributed by atoms with E-state index in [1.54, 1.807) is 30.1 Å². The van der Waals surface area contributed by atoms with Gasteiger partial charge in [0.2, 0.25) is 5.91 Å². The molecule has 4 rings (SSSR count). The maximum absolute atomic E-state index is 13.5. The molecule has 2 aromatic rings. The van der Waals surface area contributed by atoms with Gasteiger partial charge in [0, 0.05) is 31.1 Å². The van der Waals surface area contributed by atoms with Crippen LogP contribution in [0.2, 0.25) is 0 Å². The molecule has 0 bridgehead atoms. The molecule has 1 N–H and O–H groups in total. The fourth-order valence-corrected chi connectivity index (χ4v) is 4.92. The first kappa shape index (κ1) is 22.0. The van der Waals surface area contributed by atoms with Crippen LogP contribution in [-0.2, 0) is 15.1 Å². The number of ether oxygens (including phenoxy) is 1. The number of nitrogens with zero attached hydrogens (tertiary/aromatic N) is 3. The summed E-state index contributed by atoms with van der Waals surface area (Å²) >= 11 is 1.57. The maximum Gasteiger partial charge on any atom is 0.245 e. The van der Waals surface area contributed by atoms with E-state index in [1.807, 2.05) is 4.68 Å². The number of carbonyl (C=O) groups is 1. The van der Waals surface area contributed by atoms with Crippen molar-refractivity contribution in [2.45, 2.75) is 45.2 Å². The van der Waals surface area contributed by atoms with Crippen LogP contribution in [0.4, 0.5) is 4.39 Å². The molecule has 1 fully saturated rings. The van der Waals surface area contributed by atoms with E-state index in [9.17, 15) is 9.18 Å². The highest BCUT2D eigenvalue weighted by Crippen LogP contribution is 2.34. The first-order valence-electron chi connectivity index (χ1n) is 10.7. The Morgan fingerprint density at radius 2 is 1.97 bits per heavy atom. The number of thioether (sulfide) groups is 1. The second-order valence-corrected chi connectivity index (χ2v) is 10.1. The van der Waals surface area contributed by atoms with Crippen molar-refractivity contribution in [3.63, 3.8) is 0 Å². The normalized spacial score (nSPS) is 20.0. The predicted octanol–water partition coefficient (Wildman–Crippen LogP) is 3.85. The van der Waals surface area contributed by atoms with Gasteiger partial charge in [0.25, 0.3) is 0 Å². The molecule has 0 aliphatic carbocycles. The standard InChI is InChI=1S/C23H29FN4O2S/c1-23(2,3)28-20(16-4-6-17(24)7-5-16)18(13-26-28)22-27-19(14-31-22)21(29)25-12-15-8-10-30-11-9-15/h4-7,13,15,19H,8-12,14H2,1-3H3,(H,25,29). The molecule has 1 amide bonds. The topological polar surface area (TPSA) is 68.5 Å². The molecule has 2 aliphatic heterocycles. The fraction of sp³-hybridized carbons (Fsp3) is 0.522. The molecule has 8 heteroatoms. The Morgan fingerprint density at radius 1 is 1.26 bits per heavy atom. The van der Waals surface area contributed by atoms with E-state index < -0.39 is 6.04 Å². The first-order valence-corrected chi connectivity index (χ1v) is 11.7. The summed E-state index contributed by atoms with van der Waals surface area (Å²) in [5.74, 6) is 0.783. The summed E-state index contributed by atoms with van der Waals surface area (Å²) in [5.41, 5.74) is 2.39. The lowest BCUT2D eigenvalue weighted by molar-refractivity contribution is -0.122. The lowest BCUT2D eigenvalue weighted by Gasteiger charge is -2.23. The number of rotatable bonds is 5. The van der Waals surface area contributed by atoms with Gasteiger partial charge in [0.15, 0.2) is 0 Å². The van der Waals surface area contributed by atoms with Crippen LogP contribution in [0.3, 0.4) is 0 Å². The van der Waals surface area contributed by atoms with Crippen LogP contribution in [0.5, 0.6) is 0 Å². The molecule has 6 nitrogen and oxygen atoms in total. The highest BCUT2D eigenvalue weighted by atomic mass is 32.2. The zero-order chi connectivity index (χ0) is 22.0. The van der Waals surface area contributed by atoms with Crippen molar-refractivity contribution >= 4 is 22.7 Å². The van der Waals surface area contributed by atoms with E-state index in [0.717, 1.165) is 47.9 Å². The third-order valence-corrected chi connectivity index (χ3v) is 6.69. The Kier molecular flexibility index (Phi) is 6.48. The molecule has 1 atom stereocenters. The van der Waals surface area contributed by atoms with Crippen molar-refractivity contribution in [3.05, 3.63) is 41.8 Å². The van der Waals surface area contributed by atoms with Crippen LogP contribution in [0.15, 0.2) is 35.5 Å². The number of aromatic nitrogens is 2. The minimum atomic E-state index is -0.404. The van der Waals surface area contributed by atoms with Gasteiger partial charge < -0.3 is 10.1 Å². The van der Waals surface area contributed by atoms with Crippen molar-refractivity contribution in [1.82, 2.24) is 15.1 Å². The van der Waals surface area contributed by atoms with E-state index in [-0.39, 0.29) is 17.3 Å². The molecule has 1 unspecified atom stereocenters. The monoisotopic (exact) mass is 444 g/mol. The molecular formula is C23H29FN4O2S. The molecule has 166 valence electrons. The quantitative estimate of drug-likeness (QED) is 0.761. The van der Waals surface area contributed by atoms with E-state index in [4.69, 9.17) is 9.73 Å². The lowest BCUT2D eigenvalue weighted by Crippen LogP contribution is -2.38. The number of aliphatic imine (C=N–C) groups is 1. The first-order chi connectivity index (χ1) is 14.8. The van der Waals surface area contributed by atoms with Crippen LogP contribution in [0, 0.1) is 11.7 Å². The minimum absolute atomic E-state index is 0.0273. The van der Waals surface area contributed by atoms with Crippen molar-refractivity contribution in [2.24, 2.45) is 10.9 Å². The van der Waals surface area contributed by atoms with Gasteiger partial charge in [-0.2, -0.15) is 5.10 Å². The highest BCUT2D eigenvalue weighted by molar-refractivity contribution is 8.14. The summed E-state index contributed by atoms with van der Waals surface area (Å²) < 4.78 is 20.8. The van der Waals surface area contributed by atoms with Crippen molar-refractivity contribution < 1.29 is 13.9 Å². The lowest BCUT2D eigenvalue weighted by atomic mass is 10.0. The van der Waals surface area contributed by atoms with Crippen LogP contribution < -0.4 is 5.32 Å². The van der Waals surface area contributed by atoms with E-state index in [1.165, 1.54) is 12.1 Å². The summed E-state index contributed by atoms with van der Waals surface area (Å²) in [5, 5.41) is 8.49. The molecule has 3 heterocycles. The van der Waals surface area contributed by atoms with Crippen LogP contribution in [0.25, 0.3) is 11.3 Å². The Balaban J connectivity index is 1.55. The van der Waals surface area contributed by atoms with Crippen molar-refractivity contribution in [3.8, 4) is 11.3 Å². The van der Waals surface area contributed by atoms with E-state index in [2.05, 4.69) is 31.2 Å². The Hall–Kier alpha value is -2.19. The molecule has 1 aromatic carbocycles. The molecule has 0 saturated carbocycles. The largest absolute Gasteiger partial charge is 0.381 e. The SMILES string of the molecule is CC(C)(C)n1ncc(C2=NC(C(=O)NCC3CCOCC3)CS2)c1-c1ccc(F)cc1. The summed E-state index contributed by atoms with van der Waals surface area (Å²) in [6.07, 6.45) is 3.78. The highest BCUT2D eigenvalue weighted by Gasteiger charge is 2.31. The number of benzene rings is 1. The van der Waals surface area contributed by atoms with Crippen LogP contribution >= 0.6 is 11.8 Å². The summed E-state index contributed by atoms with van der Waals surface area (Å²) in [6, 6.07) is 6.02. The number of amides is 1. The van der Waals surface area contributed by atoms with Gasteiger partial charge in [-0.1, -0.05) is 0 Å². The molecule has 31 heavy (non-hydrogen) atoms. The molecule has 1 saturated heterocycles. The average Bonchev–Trinajstić information content (AvgIpc) is 3.40. The van der Waals surface area contributed by atoms with Gasteiger partial charge in [-0.25, -0.2) is 4.39 Å². The van der Waals surface area contributed by atoms with Gasteiger partial charge in [0.05, 0.1) is 23.0 Å². The Morgan fingerprint density at radius 3 is 2.65 bits per heavy atom. The molecule has 0 spiro atoms. The van der Waals surface area contributed by atoms with E-state index >= 15 is 0 Å². The molecular weight excluding hydrogens is 415 g/mol. The molecule has 2 aliphatic rings. The summed E-state index contributed by atoms with van der Waals surface area (Å²) in [7, 11) is 0. The minimum Gasteiger partial charge on any atom is -0.381 e. The molecule has 0 radical (unpaired) electrons. The zero-order valence-corrected chi connectivity index (χ0v) is 19.0. The number of nitrogens with one attached hydrogen (secondary N) is 1. The number of halogens is 1. The Bertz CT molecular complexity index is 959. The van der Waals surface area contributed by atoms with E-state index in [0.29, 0.717) is 18.2 Å². The fourth-order valence-electron chi connectivity index (χ4n) is 3.87.